The molecule has 0 aromatic carbocycles. The molecule has 1 aliphatic heterocycles. The van der Waals surface area contributed by atoms with E-state index >= 15 is 0 Å². The summed E-state index contributed by atoms with van der Waals surface area (Å²) in [5.74, 6) is 1.75. The van der Waals surface area contributed by atoms with Crippen LogP contribution in [-0.4, -0.2) is 24.4 Å². The molecule has 3 heteroatoms. The molecule has 86 valence electrons. The van der Waals surface area contributed by atoms with Gasteiger partial charge in [-0.3, -0.25) is 4.79 Å². The lowest BCUT2D eigenvalue weighted by Crippen LogP contribution is -2.34. The van der Waals surface area contributed by atoms with Gasteiger partial charge in [0.05, 0.1) is 5.69 Å². The van der Waals surface area contributed by atoms with Crippen molar-refractivity contribution in [1.29, 1.82) is 0 Å². The number of rotatable bonds is 2. The quantitative estimate of drug-likeness (QED) is 0.715. The first-order chi connectivity index (χ1) is 7.70. The lowest BCUT2D eigenvalue weighted by Gasteiger charge is -2.32. The Morgan fingerprint density at radius 3 is 2.94 bits per heavy atom. The molecule has 1 aliphatic rings. The molecule has 3 nitrogen and oxygen atoms in total. The fraction of sp³-hybridized carbons (Fsp3) is 0.538. The molecule has 0 aliphatic carbocycles. The highest BCUT2D eigenvalue weighted by atomic mass is 16.1. The number of pyridine rings is 1. The van der Waals surface area contributed by atoms with Gasteiger partial charge in [0, 0.05) is 18.7 Å². The molecule has 0 radical (unpaired) electrons. The summed E-state index contributed by atoms with van der Waals surface area (Å²) in [5, 5.41) is 0. The van der Waals surface area contributed by atoms with E-state index in [-0.39, 0.29) is 0 Å². The second-order valence-corrected chi connectivity index (χ2v) is 4.66. The highest BCUT2D eigenvalue weighted by Gasteiger charge is 2.17. The third-order valence-corrected chi connectivity index (χ3v) is 3.22. The van der Waals surface area contributed by atoms with Crippen molar-refractivity contribution in [2.24, 2.45) is 5.92 Å². The van der Waals surface area contributed by atoms with Gasteiger partial charge in [0.25, 0.3) is 0 Å². The molecule has 0 amide bonds. The summed E-state index contributed by atoms with van der Waals surface area (Å²) in [7, 11) is 0. The van der Waals surface area contributed by atoms with Gasteiger partial charge < -0.3 is 4.90 Å². The molecule has 1 aromatic rings. The summed E-state index contributed by atoms with van der Waals surface area (Å²) >= 11 is 0. The molecule has 1 aromatic heterocycles. The Bertz CT molecular complexity index is 390. The lowest BCUT2D eigenvalue weighted by molar-refractivity contribution is 0.112. The van der Waals surface area contributed by atoms with Gasteiger partial charge in [-0.1, -0.05) is 6.92 Å². The summed E-state index contributed by atoms with van der Waals surface area (Å²) < 4.78 is 0. The molecule has 0 spiro atoms. The van der Waals surface area contributed by atoms with Crippen LogP contribution in [0.1, 0.15) is 35.8 Å². The van der Waals surface area contributed by atoms with E-state index in [9.17, 15) is 4.79 Å². The number of piperidine rings is 1. The minimum Gasteiger partial charge on any atom is -0.356 e. The highest BCUT2D eigenvalue weighted by Crippen LogP contribution is 2.21. The maximum atomic E-state index is 10.7. The molecular formula is C13H18N2O. The van der Waals surface area contributed by atoms with Gasteiger partial charge in [0.2, 0.25) is 0 Å². The summed E-state index contributed by atoms with van der Waals surface area (Å²) in [6.45, 7) is 6.32. The standard InChI is InChI=1S/C13H18N2O/c1-10-4-3-7-15(8-10)13-6-5-12(9-16)11(2)14-13/h5-6,9-10H,3-4,7-8H2,1-2H3. The number of aldehydes is 1. The average Bonchev–Trinajstić information content (AvgIpc) is 2.29. The molecular weight excluding hydrogens is 200 g/mol. The zero-order valence-electron chi connectivity index (χ0n) is 9.94. The van der Waals surface area contributed by atoms with Crippen LogP contribution >= 0.6 is 0 Å². The van der Waals surface area contributed by atoms with Crippen LogP contribution in [0.2, 0.25) is 0 Å². The second kappa shape index (κ2) is 4.64. The minimum absolute atomic E-state index is 0.689. The van der Waals surface area contributed by atoms with Crippen LogP contribution in [0.25, 0.3) is 0 Å². The van der Waals surface area contributed by atoms with Crippen LogP contribution in [0.4, 0.5) is 5.82 Å². The van der Waals surface area contributed by atoms with Gasteiger partial charge in [0.15, 0.2) is 6.29 Å². The SMILES string of the molecule is Cc1nc(N2CCCC(C)C2)ccc1C=O. The average molecular weight is 218 g/mol. The Morgan fingerprint density at radius 2 is 2.31 bits per heavy atom. The van der Waals surface area contributed by atoms with E-state index < -0.39 is 0 Å². The summed E-state index contributed by atoms with van der Waals surface area (Å²) in [6.07, 6.45) is 3.41. The van der Waals surface area contributed by atoms with Crippen molar-refractivity contribution in [2.45, 2.75) is 26.7 Å². The van der Waals surface area contributed by atoms with Crippen molar-refractivity contribution < 1.29 is 4.79 Å². The Labute approximate surface area is 96.5 Å². The highest BCUT2D eigenvalue weighted by molar-refractivity contribution is 5.76. The summed E-state index contributed by atoms with van der Waals surface area (Å²) in [4.78, 5) is 17.5. The summed E-state index contributed by atoms with van der Waals surface area (Å²) in [5.41, 5.74) is 1.51. The van der Waals surface area contributed by atoms with E-state index in [1.165, 1.54) is 12.8 Å². The van der Waals surface area contributed by atoms with Crippen molar-refractivity contribution in [2.75, 3.05) is 18.0 Å². The Morgan fingerprint density at radius 1 is 1.50 bits per heavy atom. The van der Waals surface area contributed by atoms with E-state index in [2.05, 4.69) is 16.8 Å². The molecule has 0 N–H and O–H groups in total. The van der Waals surface area contributed by atoms with Crippen LogP contribution in [0, 0.1) is 12.8 Å². The van der Waals surface area contributed by atoms with Gasteiger partial charge in [0.1, 0.15) is 5.82 Å². The van der Waals surface area contributed by atoms with E-state index in [1.54, 1.807) is 0 Å². The van der Waals surface area contributed by atoms with Crippen LogP contribution in [-0.2, 0) is 0 Å². The van der Waals surface area contributed by atoms with Crippen molar-refractivity contribution in [1.82, 2.24) is 4.98 Å². The number of carbonyl (C=O) groups excluding carboxylic acids is 1. The number of aryl methyl sites for hydroxylation is 1. The number of nitrogens with zero attached hydrogens (tertiary/aromatic N) is 2. The predicted molar refractivity (Wildman–Crippen MR) is 65.0 cm³/mol. The van der Waals surface area contributed by atoms with Gasteiger partial charge in [-0.2, -0.15) is 0 Å². The van der Waals surface area contributed by atoms with E-state index in [0.717, 1.165) is 36.8 Å². The third-order valence-electron chi connectivity index (χ3n) is 3.22. The Balaban J connectivity index is 2.20. The molecule has 2 rings (SSSR count). The second-order valence-electron chi connectivity index (χ2n) is 4.66. The zero-order chi connectivity index (χ0) is 11.5. The topological polar surface area (TPSA) is 33.2 Å². The maximum absolute atomic E-state index is 10.7. The smallest absolute Gasteiger partial charge is 0.151 e. The third kappa shape index (κ3) is 2.23. The molecule has 1 atom stereocenters. The van der Waals surface area contributed by atoms with Crippen molar-refractivity contribution in [3.8, 4) is 0 Å². The molecule has 2 heterocycles. The molecule has 1 unspecified atom stereocenters. The van der Waals surface area contributed by atoms with Crippen LogP contribution in [0.5, 0.6) is 0 Å². The first-order valence-corrected chi connectivity index (χ1v) is 5.88. The first-order valence-electron chi connectivity index (χ1n) is 5.88. The van der Waals surface area contributed by atoms with E-state index in [0.29, 0.717) is 5.56 Å². The Hall–Kier alpha value is -1.38. The minimum atomic E-state index is 0.689. The molecule has 0 bridgehead atoms. The van der Waals surface area contributed by atoms with E-state index in [4.69, 9.17) is 0 Å². The number of carbonyl (C=O) groups is 1. The lowest BCUT2D eigenvalue weighted by atomic mass is 10.0. The number of hydrogen-bond donors (Lipinski definition) is 0. The van der Waals surface area contributed by atoms with Crippen molar-refractivity contribution >= 4 is 12.1 Å². The van der Waals surface area contributed by atoms with Crippen molar-refractivity contribution in [3.05, 3.63) is 23.4 Å². The Kier molecular flexibility index (Phi) is 3.22. The monoisotopic (exact) mass is 218 g/mol. The van der Waals surface area contributed by atoms with Crippen LogP contribution < -0.4 is 4.90 Å². The molecule has 0 saturated carbocycles. The molecule has 1 saturated heterocycles. The zero-order valence-corrected chi connectivity index (χ0v) is 9.94. The molecule has 16 heavy (non-hydrogen) atoms. The molecule has 1 fully saturated rings. The largest absolute Gasteiger partial charge is 0.356 e. The fourth-order valence-electron chi connectivity index (χ4n) is 2.26. The fourth-order valence-corrected chi connectivity index (χ4v) is 2.26. The number of aromatic nitrogens is 1. The van der Waals surface area contributed by atoms with Crippen LogP contribution in [0.15, 0.2) is 12.1 Å². The normalized spacial score (nSPS) is 20.9. The summed E-state index contributed by atoms with van der Waals surface area (Å²) in [6, 6.07) is 3.82. The van der Waals surface area contributed by atoms with E-state index in [1.807, 2.05) is 19.1 Å². The van der Waals surface area contributed by atoms with Crippen LogP contribution in [0.3, 0.4) is 0 Å². The van der Waals surface area contributed by atoms with Gasteiger partial charge in [-0.05, 0) is 37.8 Å². The van der Waals surface area contributed by atoms with Gasteiger partial charge in [-0.15, -0.1) is 0 Å². The number of anilines is 1. The predicted octanol–water partition coefficient (Wildman–Crippen LogP) is 2.44. The maximum Gasteiger partial charge on any atom is 0.151 e. The number of hydrogen-bond acceptors (Lipinski definition) is 3. The van der Waals surface area contributed by atoms with Gasteiger partial charge >= 0.3 is 0 Å². The first kappa shape index (κ1) is 11.1. The van der Waals surface area contributed by atoms with Crippen molar-refractivity contribution in [3.63, 3.8) is 0 Å². The van der Waals surface area contributed by atoms with Gasteiger partial charge in [-0.25, -0.2) is 4.98 Å².